The molecule has 0 unspecified atom stereocenters. The highest BCUT2D eigenvalue weighted by atomic mass is 28.3. The van der Waals surface area contributed by atoms with Gasteiger partial charge in [0, 0.05) is 19.8 Å². The van der Waals surface area contributed by atoms with E-state index in [2.05, 4.69) is 19.6 Å². The quantitative estimate of drug-likeness (QED) is 0.724. The first-order chi connectivity index (χ1) is 7.34. The lowest BCUT2D eigenvalue weighted by atomic mass is 10.3. The summed E-state index contributed by atoms with van der Waals surface area (Å²) in [4.78, 5) is 13.8. The smallest absolute Gasteiger partial charge is 0.315 e. The van der Waals surface area contributed by atoms with Crippen molar-refractivity contribution in [1.29, 1.82) is 0 Å². The van der Waals surface area contributed by atoms with Gasteiger partial charge in [-0.1, -0.05) is 37.8 Å². The van der Waals surface area contributed by atoms with Crippen LogP contribution in [0.25, 0.3) is 0 Å². The van der Waals surface area contributed by atoms with Crippen molar-refractivity contribution in [2.75, 3.05) is 18.7 Å². The van der Waals surface area contributed by atoms with E-state index in [4.69, 9.17) is 0 Å². The third-order valence-corrected chi connectivity index (χ3v) is 4.05. The number of hydrogen-bond acceptors (Lipinski definition) is 1. The van der Waals surface area contributed by atoms with Crippen molar-refractivity contribution in [3.63, 3.8) is 0 Å². The van der Waals surface area contributed by atoms with Crippen molar-refractivity contribution in [2.24, 2.45) is 0 Å². The predicted octanol–water partition coefficient (Wildman–Crippen LogP) is 3.01. The Kier molecular flexibility index (Phi) is 3.75. The summed E-state index contributed by atoms with van der Waals surface area (Å²) >= 11 is 0. The molecule has 0 radical (unpaired) electrons. The third-order valence-electron chi connectivity index (χ3n) is 2.26. The molecule has 0 heterocycles. The second-order valence-electron chi connectivity index (χ2n) is 5.02. The van der Waals surface area contributed by atoms with E-state index in [0.29, 0.717) is 0 Å². The van der Waals surface area contributed by atoms with Crippen LogP contribution in [0.2, 0.25) is 19.6 Å². The standard InChI is InChI=1S/C12H20N2OSi/c1-13(2)12(15)14(16(3,4)5)11-9-7-6-8-10-11/h6-10H,1-5H3. The summed E-state index contributed by atoms with van der Waals surface area (Å²) < 4.78 is 1.94. The van der Waals surface area contributed by atoms with Crippen LogP contribution in [-0.4, -0.2) is 33.3 Å². The number of rotatable bonds is 2. The van der Waals surface area contributed by atoms with E-state index in [9.17, 15) is 4.79 Å². The van der Waals surface area contributed by atoms with E-state index in [1.54, 1.807) is 19.0 Å². The zero-order valence-electron chi connectivity index (χ0n) is 10.7. The number of carbonyl (C=O) groups excluding carboxylic acids is 1. The van der Waals surface area contributed by atoms with E-state index in [0.717, 1.165) is 5.69 Å². The van der Waals surface area contributed by atoms with Gasteiger partial charge >= 0.3 is 6.03 Å². The Balaban J connectivity index is 3.13. The summed E-state index contributed by atoms with van der Waals surface area (Å²) in [6.07, 6.45) is 0. The Labute approximate surface area is 98.8 Å². The normalized spacial score (nSPS) is 11.1. The molecule has 0 fully saturated rings. The Hall–Kier alpha value is -1.29. The van der Waals surface area contributed by atoms with Gasteiger partial charge in [-0.2, -0.15) is 0 Å². The van der Waals surface area contributed by atoms with Gasteiger partial charge in [0.15, 0.2) is 8.24 Å². The van der Waals surface area contributed by atoms with Crippen LogP contribution >= 0.6 is 0 Å². The Morgan fingerprint density at radius 2 is 1.56 bits per heavy atom. The van der Waals surface area contributed by atoms with Gasteiger partial charge < -0.3 is 9.47 Å². The second-order valence-corrected chi connectivity index (χ2v) is 9.81. The molecule has 0 aliphatic rings. The van der Waals surface area contributed by atoms with Crippen molar-refractivity contribution < 1.29 is 4.79 Å². The maximum atomic E-state index is 12.2. The van der Waals surface area contributed by atoms with Gasteiger partial charge in [-0.05, 0) is 12.1 Å². The molecule has 4 heteroatoms. The first-order valence-electron chi connectivity index (χ1n) is 5.40. The maximum absolute atomic E-state index is 12.2. The summed E-state index contributed by atoms with van der Waals surface area (Å²) in [5.41, 5.74) is 0.986. The average Bonchev–Trinajstić information content (AvgIpc) is 2.17. The van der Waals surface area contributed by atoms with E-state index in [1.165, 1.54) is 0 Å². The Morgan fingerprint density at radius 3 is 1.94 bits per heavy atom. The molecule has 0 aromatic heterocycles. The fraction of sp³-hybridized carbons (Fsp3) is 0.417. The highest BCUT2D eigenvalue weighted by Gasteiger charge is 2.30. The minimum absolute atomic E-state index is 0.0605. The molecule has 2 amide bonds. The van der Waals surface area contributed by atoms with Crippen LogP contribution in [0, 0.1) is 0 Å². The molecule has 0 bridgehead atoms. The molecule has 0 saturated heterocycles. The van der Waals surface area contributed by atoms with Crippen molar-refractivity contribution in [3.05, 3.63) is 30.3 Å². The van der Waals surface area contributed by atoms with Crippen LogP contribution in [0.4, 0.5) is 10.5 Å². The van der Waals surface area contributed by atoms with E-state index >= 15 is 0 Å². The molecule has 0 saturated carbocycles. The first kappa shape index (κ1) is 12.8. The van der Waals surface area contributed by atoms with Gasteiger partial charge in [0.2, 0.25) is 0 Å². The van der Waals surface area contributed by atoms with E-state index in [1.807, 2.05) is 34.9 Å². The molecular weight excluding hydrogens is 216 g/mol. The molecule has 1 aromatic rings. The second kappa shape index (κ2) is 4.70. The number of para-hydroxylation sites is 1. The fourth-order valence-electron chi connectivity index (χ4n) is 1.56. The van der Waals surface area contributed by atoms with E-state index < -0.39 is 8.24 Å². The largest absolute Gasteiger partial charge is 0.331 e. The highest BCUT2D eigenvalue weighted by molar-refractivity contribution is 6.83. The van der Waals surface area contributed by atoms with Gasteiger partial charge in [0.05, 0.1) is 0 Å². The number of nitrogens with zero attached hydrogens (tertiary/aromatic N) is 2. The summed E-state index contributed by atoms with van der Waals surface area (Å²) in [5, 5.41) is 0. The molecule has 1 rings (SSSR count). The van der Waals surface area contributed by atoms with Crippen LogP contribution in [0.15, 0.2) is 30.3 Å². The molecule has 0 atom stereocenters. The van der Waals surface area contributed by atoms with Crippen molar-refractivity contribution in [1.82, 2.24) is 4.90 Å². The molecule has 3 nitrogen and oxygen atoms in total. The van der Waals surface area contributed by atoms with Crippen molar-refractivity contribution in [2.45, 2.75) is 19.6 Å². The lowest BCUT2D eigenvalue weighted by Crippen LogP contribution is -2.53. The van der Waals surface area contributed by atoms with Gasteiger partial charge in [-0.3, -0.25) is 0 Å². The lowest BCUT2D eigenvalue weighted by molar-refractivity contribution is 0.227. The zero-order valence-corrected chi connectivity index (χ0v) is 11.7. The molecule has 1 aromatic carbocycles. The van der Waals surface area contributed by atoms with Crippen LogP contribution in [0.1, 0.15) is 0 Å². The molecule has 88 valence electrons. The average molecular weight is 236 g/mol. The lowest BCUT2D eigenvalue weighted by Gasteiger charge is -2.36. The van der Waals surface area contributed by atoms with Crippen molar-refractivity contribution >= 4 is 20.0 Å². The van der Waals surface area contributed by atoms with Gasteiger partial charge in [-0.15, -0.1) is 0 Å². The first-order valence-corrected chi connectivity index (χ1v) is 8.85. The van der Waals surface area contributed by atoms with Crippen LogP contribution < -0.4 is 4.57 Å². The number of anilines is 1. The third kappa shape index (κ3) is 2.85. The fourth-order valence-corrected chi connectivity index (χ4v) is 3.26. The predicted molar refractivity (Wildman–Crippen MR) is 71.4 cm³/mol. The summed E-state index contributed by atoms with van der Waals surface area (Å²) in [6.45, 7) is 6.50. The number of urea groups is 1. The number of benzene rings is 1. The molecule has 0 aliphatic heterocycles. The number of carbonyl (C=O) groups is 1. The molecule has 0 N–H and O–H groups in total. The van der Waals surface area contributed by atoms with Gasteiger partial charge in [0.25, 0.3) is 0 Å². The Bertz CT molecular complexity index is 357. The zero-order chi connectivity index (χ0) is 12.3. The number of hydrogen-bond donors (Lipinski definition) is 0. The van der Waals surface area contributed by atoms with Crippen LogP contribution in [-0.2, 0) is 0 Å². The molecule has 0 aliphatic carbocycles. The minimum atomic E-state index is -1.71. The summed E-state index contributed by atoms with van der Waals surface area (Å²) in [6, 6.07) is 9.92. The van der Waals surface area contributed by atoms with Gasteiger partial charge in [-0.25, -0.2) is 4.79 Å². The molecular formula is C12H20N2OSi. The van der Waals surface area contributed by atoms with Crippen LogP contribution in [0.5, 0.6) is 0 Å². The molecule has 0 spiro atoms. The van der Waals surface area contributed by atoms with E-state index in [-0.39, 0.29) is 6.03 Å². The van der Waals surface area contributed by atoms with Gasteiger partial charge in [0.1, 0.15) is 0 Å². The van der Waals surface area contributed by atoms with Crippen LogP contribution in [0.3, 0.4) is 0 Å². The summed E-state index contributed by atoms with van der Waals surface area (Å²) in [5.74, 6) is 0. The monoisotopic (exact) mass is 236 g/mol. The Morgan fingerprint density at radius 1 is 1.06 bits per heavy atom. The SMILES string of the molecule is CN(C)C(=O)N(c1ccccc1)[Si](C)(C)C. The maximum Gasteiger partial charge on any atom is 0.315 e. The number of amides is 2. The topological polar surface area (TPSA) is 23.6 Å². The molecule has 16 heavy (non-hydrogen) atoms. The highest BCUT2D eigenvalue weighted by Crippen LogP contribution is 2.22. The van der Waals surface area contributed by atoms with Crippen molar-refractivity contribution in [3.8, 4) is 0 Å². The minimum Gasteiger partial charge on any atom is -0.331 e. The summed E-state index contributed by atoms with van der Waals surface area (Å²) in [7, 11) is 1.87.